The molecule has 0 saturated carbocycles. The van der Waals surface area contributed by atoms with Crippen LogP contribution in [0.1, 0.15) is 28.4 Å². The van der Waals surface area contributed by atoms with Crippen LogP contribution in [-0.2, 0) is 16.1 Å². The largest absolute Gasteiger partial charge is 0.355 e. The lowest BCUT2D eigenvalue weighted by molar-refractivity contribution is -0.134. The Morgan fingerprint density at radius 1 is 1.03 bits per heavy atom. The van der Waals surface area contributed by atoms with E-state index in [9.17, 15) is 14.4 Å². The first kappa shape index (κ1) is 21.0. The molecule has 2 aromatic rings. The predicted molar refractivity (Wildman–Crippen MR) is 117 cm³/mol. The minimum Gasteiger partial charge on any atom is -0.355 e. The van der Waals surface area contributed by atoms with E-state index in [4.69, 9.17) is 4.74 Å². The Labute approximate surface area is 183 Å². The normalized spacial score (nSPS) is 21.3. The van der Waals surface area contributed by atoms with E-state index < -0.39 is 5.44 Å². The summed E-state index contributed by atoms with van der Waals surface area (Å²) in [6, 6.07) is 15.3. The van der Waals surface area contributed by atoms with Gasteiger partial charge in [-0.05, 0) is 43.3 Å². The molecule has 2 atom stereocenters. The number of nitrogens with zero attached hydrogens (tertiary/aromatic N) is 2. The van der Waals surface area contributed by atoms with Gasteiger partial charge in [-0.3, -0.25) is 19.3 Å². The number of carbonyl (C=O) groups is 3. The van der Waals surface area contributed by atoms with Crippen molar-refractivity contribution in [3.05, 3.63) is 65.2 Å². The number of benzene rings is 2. The van der Waals surface area contributed by atoms with Crippen LogP contribution in [0.25, 0.3) is 0 Å². The molecule has 156 valence electrons. The van der Waals surface area contributed by atoms with Gasteiger partial charge in [0.25, 0.3) is 17.1 Å². The van der Waals surface area contributed by atoms with Crippen molar-refractivity contribution in [1.82, 2.24) is 9.80 Å². The zero-order chi connectivity index (χ0) is 21.3. The van der Waals surface area contributed by atoms with Gasteiger partial charge in [-0.2, -0.15) is 0 Å². The molecule has 0 radical (unpaired) electrons. The van der Waals surface area contributed by atoms with Gasteiger partial charge in [0.15, 0.2) is 5.44 Å². The van der Waals surface area contributed by atoms with E-state index in [-0.39, 0.29) is 35.6 Å². The van der Waals surface area contributed by atoms with E-state index in [2.05, 4.69) is 0 Å². The smallest absolute Gasteiger partial charge is 0.291 e. The summed E-state index contributed by atoms with van der Waals surface area (Å²) in [6.45, 7) is 4.72. The van der Waals surface area contributed by atoms with Crippen LogP contribution in [0.4, 0.5) is 4.79 Å². The molecule has 30 heavy (non-hydrogen) atoms. The van der Waals surface area contributed by atoms with Crippen molar-refractivity contribution in [1.29, 1.82) is 0 Å². The number of fused-ring (bicyclic) bond motifs is 1. The molecule has 0 aromatic heterocycles. The van der Waals surface area contributed by atoms with Crippen LogP contribution in [0.3, 0.4) is 0 Å². The van der Waals surface area contributed by atoms with Gasteiger partial charge in [-0.1, -0.05) is 42.0 Å². The summed E-state index contributed by atoms with van der Waals surface area (Å²) in [7, 11) is 0. The van der Waals surface area contributed by atoms with E-state index in [1.54, 1.807) is 16.7 Å². The van der Waals surface area contributed by atoms with Crippen LogP contribution in [-0.4, -0.2) is 50.8 Å². The SMILES string of the molecule is Cc1ccc2c(c1)C(=O)N(CCOC1SC(=O)N(Cc3ccccc3)C1=O)C(C)S2. The van der Waals surface area contributed by atoms with Gasteiger partial charge >= 0.3 is 0 Å². The Hall–Kier alpha value is -2.29. The molecule has 6 nitrogen and oxygen atoms in total. The first-order valence-corrected chi connectivity index (χ1v) is 11.5. The number of hydrogen-bond acceptors (Lipinski definition) is 6. The van der Waals surface area contributed by atoms with E-state index in [0.29, 0.717) is 12.1 Å². The maximum Gasteiger partial charge on any atom is 0.291 e. The van der Waals surface area contributed by atoms with Gasteiger partial charge in [0.2, 0.25) is 0 Å². The number of ether oxygens (including phenoxy) is 1. The Balaban J connectivity index is 1.35. The molecule has 4 rings (SSSR count). The van der Waals surface area contributed by atoms with Crippen molar-refractivity contribution >= 4 is 40.6 Å². The molecule has 2 aliphatic rings. The van der Waals surface area contributed by atoms with Gasteiger partial charge < -0.3 is 9.64 Å². The van der Waals surface area contributed by atoms with Crippen molar-refractivity contribution < 1.29 is 19.1 Å². The zero-order valence-corrected chi connectivity index (χ0v) is 18.4. The molecule has 2 aliphatic heterocycles. The van der Waals surface area contributed by atoms with Crippen LogP contribution < -0.4 is 0 Å². The van der Waals surface area contributed by atoms with Crippen LogP contribution in [0.15, 0.2) is 53.4 Å². The third kappa shape index (κ3) is 4.26. The fourth-order valence-corrected chi connectivity index (χ4v) is 5.43. The standard InChI is InChI=1S/C22H22N2O4S2/c1-14-8-9-18-17(12-14)19(25)23(15(2)29-18)10-11-28-21-20(26)24(22(27)30-21)13-16-6-4-3-5-7-16/h3-9,12,15,21H,10-11,13H2,1-2H3. The average molecular weight is 443 g/mol. The van der Waals surface area contributed by atoms with Gasteiger partial charge in [0.05, 0.1) is 24.1 Å². The molecular formula is C22H22N2O4S2. The van der Waals surface area contributed by atoms with Crippen molar-refractivity contribution in [3.8, 4) is 0 Å². The number of rotatable bonds is 6. The molecule has 2 aromatic carbocycles. The number of amides is 3. The maximum absolute atomic E-state index is 12.9. The van der Waals surface area contributed by atoms with E-state index in [1.165, 1.54) is 4.90 Å². The summed E-state index contributed by atoms with van der Waals surface area (Å²) in [5.41, 5.74) is 1.77. The lowest BCUT2D eigenvalue weighted by Gasteiger charge is -2.34. The highest BCUT2D eigenvalue weighted by molar-refractivity contribution is 8.15. The second-order valence-electron chi connectivity index (χ2n) is 7.21. The Morgan fingerprint density at radius 2 is 1.80 bits per heavy atom. The Bertz CT molecular complexity index is 982. The predicted octanol–water partition coefficient (Wildman–Crippen LogP) is 4.13. The number of hydrogen-bond donors (Lipinski definition) is 0. The third-order valence-corrected chi connectivity index (χ3v) is 7.22. The van der Waals surface area contributed by atoms with Crippen molar-refractivity contribution in [3.63, 3.8) is 0 Å². The lowest BCUT2D eigenvalue weighted by Crippen LogP contribution is -2.42. The second-order valence-corrected chi connectivity index (χ2v) is 9.58. The van der Waals surface area contributed by atoms with Crippen molar-refractivity contribution in [2.24, 2.45) is 0 Å². The highest BCUT2D eigenvalue weighted by Crippen LogP contribution is 2.36. The topological polar surface area (TPSA) is 66.9 Å². The molecule has 0 spiro atoms. The molecule has 1 saturated heterocycles. The molecule has 0 aliphatic carbocycles. The Kier molecular flexibility index (Phi) is 6.17. The summed E-state index contributed by atoms with van der Waals surface area (Å²) in [6.07, 6.45) is 0. The van der Waals surface area contributed by atoms with Gasteiger partial charge in [-0.25, -0.2) is 0 Å². The molecule has 3 amide bonds. The second kappa shape index (κ2) is 8.83. The summed E-state index contributed by atoms with van der Waals surface area (Å²) in [5.74, 6) is -0.377. The monoisotopic (exact) mass is 442 g/mol. The molecule has 2 heterocycles. The highest BCUT2D eigenvalue weighted by Gasteiger charge is 2.40. The maximum atomic E-state index is 12.9. The number of carbonyl (C=O) groups excluding carboxylic acids is 3. The van der Waals surface area contributed by atoms with Gasteiger partial charge in [-0.15, -0.1) is 11.8 Å². The number of aryl methyl sites for hydroxylation is 1. The minimum atomic E-state index is -0.862. The highest BCUT2D eigenvalue weighted by atomic mass is 32.2. The summed E-state index contributed by atoms with van der Waals surface area (Å²) >= 11 is 2.52. The average Bonchev–Trinajstić information content (AvgIpc) is 2.99. The summed E-state index contributed by atoms with van der Waals surface area (Å²) in [5, 5.41) is -0.337. The lowest BCUT2D eigenvalue weighted by atomic mass is 10.1. The van der Waals surface area contributed by atoms with E-state index in [1.807, 2.05) is 62.4 Å². The molecule has 0 bridgehead atoms. The molecule has 8 heteroatoms. The van der Waals surface area contributed by atoms with Crippen LogP contribution in [0.2, 0.25) is 0 Å². The molecular weight excluding hydrogens is 420 g/mol. The molecule has 0 N–H and O–H groups in total. The van der Waals surface area contributed by atoms with Crippen LogP contribution in [0.5, 0.6) is 0 Å². The minimum absolute atomic E-state index is 0.0283. The molecule has 1 fully saturated rings. The van der Waals surface area contributed by atoms with Crippen LogP contribution >= 0.6 is 23.5 Å². The summed E-state index contributed by atoms with van der Waals surface area (Å²) in [4.78, 5) is 41.7. The van der Waals surface area contributed by atoms with Crippen molar-refractivity contribution in [2.75, 3.05) is 13.2 Å². The first-order chi connectivity index (χ1) is 14.4. The van der Waals surface area contributed by atoms with Gasteiger partial charge in [0, 0.05) is 11.4 Å². The van der Waals surface area contributed by atoms with E-state index >= 15 is 0 Å². The van der Waals surface area contributed by atoms with E-state index in [0.717, 1.165) is 27.8 Å². The third-order valence-electron chi connectivity index (χ3n) is 5.04. The van der Waals surface area contributed by atoms with Crippen LogP contribution in [0, 0.1) is 6.92 Å². The van der Waals surface area contributed by atoms with Crippen molar-refractivity contribution in [2.45, 2.75) is 36.1 Å². The van der Waals surface area contributed by atoms with Gasteiger partial charge in [0.1, 0.15) is 0 Å². The first-order valence-electron chi connectivity index (χ1n) is 9.70. The number of thioether (sulfide) groups is 2. The molecule has 2 unspecified atom stereocenters. The summed E-state index contributed by atoms with van der Waals surface area (Å²) < 4.78 is 5.71. The Morgan fingerprint density at radius 3 is 2.57 bits per heavy atom. The fourth-order valence-electron chi connectivity index (χ4n) is 3.46. The fraction of sp³-hybridized carbons (Fsp3) is 0.318. The zero-order valence-electron chi connectivity index (χ0n) is 16.7. The number of imide groups is 1. The quantitative estimate of drug-likeness (QED) is 0.670.